The van der Waals surface area contributed by atoms with Gasteiger partial charge in [-0.2, -0.15) is 11.8 Å². The summed E-state index contributed by atoms with van der Waals surface area (Å²) in [5.74, 6) is 0.286. The molecule has 0 spiro atoms. The summed E-state index contributed by atoms with van der Waals surface area (Å²) in [5, 5.41) is 20.9. The lowest BCUT2D eigenvalue weighted by atomic mass is 9.91. The highest BCUT2D eigenvalue weighted by molar-refractivity contribution is 7.99. The molecule has 1 aliphatic carbocycles. The van der Waals surface area contributed by atoms with Gasteiger partial charge in [-0.1, -0.05) is 36.4 Å². The van der Waals surface area contributed by atoms with Gasteiger partial charge in [-0.3, -0.25) is 14.4 Å². The number of rotatable bonds is 15. The van der Waals surface area contributed by atoms with E-state index in [9.17, 15) is 24.6 Å². The molecule has 0 saturated heterocycles. The number of hydrogen-bond donors (Lipinski definition) is 2. The van der Waals surface area contributed by atoms with E-state index in [1.807, 2.05) is 24.3 Å². The Balaban J connectivity index is 1.73. The second-order valence-corrected chi connectivity index (χ2v) is 10.5. The van der Waals surface area contributed by atoms with Crippen LogP contribution >= 0.6 is 11.8 Å². The first-order valence-corrected chi connectivity index (χ1v) is 13.4. The molecule has 8 nitrogen and oxygen atoms in total. The molecular weight excluding hydrogens is 482 g/mol. The second-order valence-electron chi connectivity index (χ2n) is 9.28. The molecule has 1 aliphatic rings. The molecule has 1 aromatic rings. The molecule has 0 heterocycles. The number of hydrogen-bond acceptors (Lipinski definition) is 8. The Bertz CT molecular complexity index is 889. The Morgan fingerprint density at radius 2 is 2.00 bits per heavy atom. The highest BCUT2D eigenvalue weighted by atomic mass is 32.2. The molecule has 1 aromatic carbocycles. The first-order chi connectivity index (χ1) is 17.2. The third-order valence-electron chi connectivity index (χ3n) is 6.13. The van der Waals surface area contributed by atoms with Crippen molar-refractivity contribution in [1.82, 2.24) is 4.90 Å². The molecule has 2 rings (SSSR count). The number of aliphatic hydroxyl groups is 2. The van der Waals surface area contributed by atoms with Gasteiger partial charge in [0.2, 0.25) is 0 Å². The summed E-state index contributed by atoms with van der Waals surface area (Å²) < 4.78 is 10.1. The predicted molar refractivity (Wildman–Crippen MR) is 139 cm³/mol. The first-order valence-electron chi connectivity index (χ1n) is 12.3. The summed E-state index contributed by atoms with van der Waals surface area (Å²) in [4.78, 5) is 37.0. The smallest absolute Gasteiger partial charge is 0.306 e. The van der Waals surface area contributed by atoms with Crippen LogP contribution in [-0.4, -0.2) is 84.3 Å². The fraction of sp³-hybridized carbons (Fsp3) is 0.593. The van der Waals surface area contributed by atoms with E-state index in [0.717, 1.165) is 22.6 Å². The van der Waals surface area contributed by atoms with Gasteiger partial charge in [-0.25, -0.2) is 0 Å². The van der Waals surface area contributed by atoms with Gasteiger partial charge >= 0.3 is 5.97 Å². The van der Waals surface area contributed by atoms with Crippen molar-refractivity contribution in [2.45, 2.75) is 50.9 Å². The maximum Gasteiger partial charge on any atom is 0.306 e. The number of carbonyl (C=O) groups excluding carboxylic acids is 3. The predicted octanol–water partition coefficient (Wildman–Crippen LogP) is 2.39. The van der Waals surface area contributed by atoms with Crippen LogP contribution in [0.2, 0.25) is 0 Å². The van der Waals surface area contributed by atoms with Crippen molar-refractivity contribution >= 4 is 29.4 Å². The number of likely N-dealkylation sites (N-methyl/N-ethyl adjacent to an activating group) is 1. The Morgan fingerprint density at radius 1 is 1.25 bits per heavy atom. The number of nitrogens with zero attached hydrogens (tertiary/aromatic N) is 1. The number of ether oxygens (including phenoxy) is 2. The molecule has 0 unspecified atom stereocenters. The van der Waals surface area contributed by atoms with Crippen molar-refractivity contribution in [3.63, 3.8) is 0 Å². The summed E-state index contributed by atoms with van der Waals surface area (Å²) in [7, 11) is 4.85. The topological polar surface area (TPSA) is 113 Å². The van der Waals surface area contributed by atoms with Crippen LogP contribution in [0.4, 0.5) is 0 Å². The fourth-order valence-corrected chi connectivity index (χ4v) is 5.12. The quantitative estimate of drug-likeness (QED) is 0.206. The maximum atomic E-state index is 12.4. The highest BCUT2D eigenvalue weighted by Gasteiger charge is 2.39. The molecule has 1 fully saturated rings. The summed E-state index contributed by atoms with van der Waals surface area (Å²) in [6.45, 7) is 0.270. The Labute approximate surface area is 218 Å². The van der Waals surface area contributed by atoms with E-state index in [1.165, 1.54) is 4.90 Å². The second kappa shape index (κ2) is 15.8. The number of aliphatic hydroxyl groups excluding tert-OH is 2. The normalized spacial score (nSPS) is 20.6. The number of benzene rings is 1. The van der Waals surface area contributed by atoms with Crippen molar-refractivity contribution in [3.8, 4) is 0 Å². The molecule has 0 bridgehead atoms. The SMILES string of the molecule is COCc1cccc(C[C@H](O)/C=C/[C@@H]2[C@H](O)CC(=O)[C@@H]2CCSCCCC(=O)OCC(=O)N(C)C)c1. The average Bonchev–Trinajstić information content (AvgIpc) is 3.10. The van der Waals surface area contributed by atoms with Crippen molar-refractivity contribution in [2.24, 2.45) is 11.8 Å². The van der Waals surface area contributed by atoms with Gasteiger partial charge in [0.1, 0.15) is 5.78 Å². The summed E-state index contributed by atoms with van der Waals surface area (Å²) in [6.07, 6.45) is 4.10. The minimum absolute atomic E-state index is 0.0497. The molecule has 0 aliphatic heterocycles. The van der Waals surface area contributed by atoms with Gasteiger partial charge in [0, 0.05) is 52.3 Å². The number of ketones is 1. The van der Waals surface area contributed by atoms with Crippen LogP contribution in [0.5, 0.6) is 0 Å². The minimum Gasteiger partial charge on any atom is -0.456 e. The number of Topliss-reactive ketones (excluding diaryl/α,β-unsaturated/α-hetero) is 1. The molecule has 200 valence electrons. The molecule has 1 amide bonds. The van der Waals surface area contributed by atoms with Crippen molar-refractivity contribution in [3.05, 3.63) is 47.5 Å². The molecule has 0 aromatic heterocycles. The monoisotopic (exact) mass is 521 g/mol. The zero-order valence-electron chi connectivity index (χ0n) is 21.4. The third-order valence-corrected chi connectivity index (χ3v) is 7.24. The van der Waals surface area contributed by atoms with Crippen molar-refractivity contribution in [2.75, 3.05) is 39.3 Å². The highest BCUT2D eigenvalue weighted by Crippen LogP contribution is 2.34. The number of thioether (sulfide) groups is 1. The van der Waals surface area contributed by atoms with E-state index in [0.29, 0.717) is 25.9 Å². The van der Waals surface area contributed by atoms with E-state index in [-0.39, 0.29) is 43.0 Å². The third kappa shape index (κ3) is 10.4. The van der Waals surface area contributed by atoms with Gasteiger partial charge < -0.3 is 24.6 Å². The van der Waals surface area contributed by atoms with Gasteiger partial charge in [-0.05, 0) is 35.5 Å². The van der Waals surface area contributed by atoms with Crippen LogP contribution < -0.4 is 0 Å². The van der Waals surface area contributed by atoms with Crippen molar-refractivity contribution < 1.29 is 34.1 Å². The standard InChI is InChI=1S/C27H39NO7S/c1-28(2)26(32)18-35-27(33)8-5-12-36-13-11-23-22(24(30)16-25(23)31)10-9-21(29)15-19-6-4-7-20(14-19)17-34-3/h4,6-7,9-10,14,21-24,29-30H,5,8,11-13,15-18H2,1-3H3/b10-9+/t21-,22+,23-,24-/m1/s1. The molecule has 1 saturated carbocycles. The van der Waals surface area contributed by atoms with Gasteiger partial charge in [0.25, 0.3) is 5.91 Å². The number of methoxy groups -OCH3 is 1. The minimum atomic E-state index is -0.736. The van der Waals surface area contributed by atoms with E-state index in [2.05, 4.69) is 0 Å². The number of amides is 1. The van der Waals surface area contributed by atoms with E-state index >= 15 is 0 Å². The first kappa shape index (κ1) is 30.0. The van der Waals surface area contributed by atoms with E-state index in [4.69, 9.17) is 9.47 Å². The fourth-order valence-electron chi connectivity index (χ4n) is 4.15. The summed E-state index contributed by atoms with van der Waals surface area (Å²) >= 11 is 1.65. The number of esters is 1. The van der Waals surface area contributed by atoms with Crippen LogP contribution in [0.3, 0.4) is 0 Å². The van der Waals surface area contributed by atoms with Crippen LogP contribution in [0.25, 0.3) is 0 Å². The lowest BCUT2D eigenvalue weighted by molar-refractivity contribution is -0.151. The lowest BCUT2D eigenvalue weighted by Crippen LogP contribution is -2.27. The molecule has 2 N–H and O–H groups in total. The summed E-state index contributed by atoms with van der Waals surface area (Å²) in [6, 6.07) is 7.85. The Morgan fingerprint density at radius 3 is 2.72 bits per heavy atom. The van der Waals surface area contributed by atoms with Crippen LogP contribution in [0.15, 0.2) is 36.4 Å². The Kier molecular flexibility index (Phi) is 13.2. The van der Waals surface area contributed by atoms with Gasteiger partial charge in [-0.15, -0.1) is 0 Å². The van der Waals surface area contributed by atoms with Gasteiger partial charge in [0.15, 0.2) is 6.61 Å². The molecule has 36 heavy (non-hydrogen) atoms. The zero-order valence-corrected chi connectivity index (χ0v) is 22.2. The van der Waals surface area contributed by atoms with E-state index < -0.39 is 18.2 Å². The molecule has 9 heteroatoms. The maximum absolute atomic E-state index is 12.4. The summed E-state index contributed by atoms with van der Waals surface area (Å²) in [5.41, 5.74) is 2.03. The zero-order chi connectivity index (χ0) is 26.5. The largest absolute Gasteiger partial charge is 0.456 e. The molecular formula is C27H39NO7S. The van der Waals surface area contributed by atoms with Gasteiger partial charge in [0.05, 0.1) is 18.8 Å². The number of carbonyl (C=O) groups is 3. The van der Waals surface area contributed by atoms with E-state index in [1.54, 1.807) is 45.1 Å². The molecule has 4 atom stereocenters. The lowest BCUT2D eigenvalue weighted by Gasteiger charge is -2.18. The average molecular weight is 522 g/mol. The van der Waals surface area contributed by atoms with Crippen molar-refractivity contribution in [1.29, 1.82) is 0 Å². The van der Waals surface area contributed by atoms with Crippen LogP contribution in [0.1, 0.15) is 36.8 Å². The van der Waals surface area contributed by atoms with Crippen LogP contribution in [0, 0.1) is 11.8 Å². The van der Waals surface area contributed by atoms with Crippen LogP contribution in [-0.2, 0) is 36.9 Å². The Hall–Kier alpha value is -2.20. The molecule has 0 radical (unpaired) electrons.